The number of benzene rings is 1. The number of sulfonamides is 1. The lowest BCUT2D eigenvalue weighted by atomic mass is 10.1. The predicted molar refractivity (Wildman–Crippen MR) is 163 cm³/mol. The van der Waals surface area contributed by atoms with E-state index < -0.39 is 38.6 Å². The van der Waals surface area contributed by atoms with Crippen molar-refractivity contribution >= 4 is 65.8 Å². The molecule has 13 heteroatoms. The summed E-state index contributed by atoms with van der Waals surface area (Å²) in [6.45, 7) is 5.23. The maximum absolute atomic E-state index is 13.1. The van der Waals surface area contributed by atoms with Gasteiger partial charge in [-0.3, -0.25) is 14.5 Å². The second-order valence-corrected chi connectivity index (χ2v) is 15.0. The molecule has 0 saturated heterocycles. The number of aromatic nitrogens is 2. The van der Waals surface area contributed by atoms with Crippen LogP contribution in [0.1, 0.15) is 43.8 Å². The van der Waals surface area contributed by atoms with E-state index in [0.717, 1.165) is 15.6 Å². The smallest absolute Gasteiger partial charge is 0.413 e. The minimum Gasteiger partial charge on any atom is -0.444 e. The molecule has 3 aromatic heterocycles. The minimum atomic E-state index is -3.81. The third-order valence-corrected chi connectivity index (χ3v) is 10.0. The van der Waals surface area contributed by atoms with Crippen LogP contribution in [0.5, 0.6) is 0 Å². The molecule has 1 amide bonds. The first-order chi connectivity index (χ1) is 19.3. The van der Waals surface area contributed by atoms with Gasteiger partial charge in [0.05, 0.1) is 27.4 Å². The monoisotopic (exact) mass is 630 g/mol. The van der Waals surface area contributed by atoms with Crippen LogP contribution in [-0.2, 0) is 25.6 Å². The molecule has 41 heavy (non-hydrogen) atoms. The average molecular weight is 631 g/mol. The fourth-order valence-electron chi connectivity index (χ4n) is 4.04. The molecule has 1 aliphatic rings. The van der Waals surface area contributed by atoms with Crippen LogP contribution in [0.25, 0.3) is 21.3 Å². The number of nitrogens with zero attached hydrogens (tertiary/aromatic N) is 2. The van der Waals surface area contributed by atoms with Crippen LogP contribution in [-0.4, -0.2) is 40.5 Å². The highest BCUT2D eigenvalue weighted by atomic mass is 35.5. The van der Waals surface area contributed by atoms with E-state index in [1.165, 1.54) is 17.4 Å². The maximum Gasteiger partial charge on any atom is 0.413 e. The Balaban J connectivity index is 1.60. The van der Waals surface area contributed by atoms with Crippen molar-refractivity contribution in [2.45, 2.75) is 43.7 Å². The number of hydrogen-bond acceptors (Lipinski definition) is 8. The van der Waals surface area contributed by atoms with Gasteiger partial charge < -0.3 is 4.74 Å². The third kappa shape index (κ3) is 6.84. The molecule has 9 nitrogen and oxygen atoms in total. The Morgan fingerprint density at radius 2 is 1.93 bits per heavy atom. The van der Waals surface area contributed by atoms with Crippen LogP contribution in [0.2, 0.25) is 5.02 Å². The van der Waals surface area contributed by atoms with E-state index in [1.807, 2.05) is 24.3 Å². The van der Waals surface area contributed by atoms with Gasteiger partial charge >= 0.3 is 6.09 Å². The largest absolute Gasteiger partial charge is 0.444 e. The van der Waals surface area contributed by atoms with Crippen molar-refractivity contribution in [3.8, 4) is 11.3 Å². The van der Waals surface area contributed by atoms with Gasteiger partial charge in [-0.05, 0) is 56.5 Å². The molecule has 0 bridgehead atoms. The summed E-state index contributed by atoms with van der Waals surface area (Å²) in [5.74, 6) is 0.156. The number of fused-ring (bicyclic) bond motifs is 1. The Bertz CT molecular complexity index is 1830. The zero-order valence-corrected chi connectivity index (χ0v) is 25.8. The molecule has 2 N–H and O–H groups in total. The SMILES string of the molecule is CS(=O)c1ccnc(-c2cccc3cc(C(NS(=O)(=O)C4=CC4)c4nc(NC(=O)OC(C)(C)C)ccc4Cl)sc23)c1. The first kappa shape index (κ1) is 29.3. The first-order valence-corrected chi connectivity index (χ1v) is 16.7. The van der Waals surface area contributed by atoms with Gasteiger partial charge in [0.2, 0.25) is 10.0 Å². The normalized spacial score (nSPS) is 14.8. The van der Waals surface area contributed by atoms with Crippen molar-refractivity contribution in [2.24, 2.45) is 0 Å². The molecular weight excluding hydrogens is 604 g/mol. The number of anilines is 1. The molecule has 0 fully saturated rings. The second-order valence-electron chi connectivity index (χ2n) is 10.3. The highest BCUT2D eigenvalue weighted by Gasteiger charge is 2.32. The van der Waals surface area contributed by atoms with Gasteiger partial charge in [-0.1, -0.05) is 35.9 Å². The molecule has 2 unspecified atom stereocenters. The van der Waals surface area contributed by atoms with Crippen molar-refractivity contribution in [3.05, 3.63) is 81.3 Å². The van der Waals surface area contributed by atoms with Crippen LogP contribution in [0.3, 0.4) is 0 Å². The van der Waals surface area contributed by atoms with Crippen LogP contribution >= 0.6 is 22.9 Å². The van der Waals surface area contributed by atoms with Crippen molar-refractivity contribution < 1.29 is 22.2 Å². The summed E-state index contributed by atoms with van der Waals surface area (Å²) in [6, 6.07) is 13.2. The summed E-state index contributed by atoms with van der Waals surface area (Å²) in [4.78, 5) is 23.0. The van der Waals surface area contributed by atoms with Crippen LogP contribution in [0, 0.1) is 0 Å². The van der Waals surface area contributed by atoms with Gasteiger partial charge in [-0.2, -0.15) is 4.72 Å². The summed E-state index contributed by atoms with van der Waals surface area (Å²) >= 11 is 7.96. The fourth-order valence-corrected chi connectivity index (χ4v) is 7.32. The summed E-state index contributed by atoms with van der Waals surface area (Å²) in [6.07, 6.45) is 4.52. The molecule has 0 aliphatic heterocycles. The molecule has 0 spiro atoms. The molecule has 1 aromatic carbocycles. The van der Waals surface area contributed by atoms with Gasteiger partial charge in [-0.25, -0.2) is 18.2 Å². The number of allylic oxidation sites excluding steroid dienone is 2. The van der Waals surface area contributed by atoms with Gasteiger partial charge in [-0.15, -0.1) is 11.3 Å². The van der Waals surface area contributed by atoms with Crippen molar-refractivity contribution in [1.82, 2.24) is 14.7 Å². The van der Waals surface area contributed by atoms with Crippen LogP contribution in [0.15, 0.2) is 70.6 Å². The van der Waals surface area contributed by atoms with E-state index >= 15 is 0 Å². The molecule has 3 heterocycles. The van der Waals surface area contributed by atoms with Crippen LogP contribution < -0.4 is 10.0 Å². The second kappa shape index (κ2) is 11.3. The maximum atomic E-state index is 13.1. The summed E-state index contributed by atoms with van der Waals surface area (Å²) in [7, 11) is -4.99. The fraction of sp³-hybridized carbons (Fsp3) is 0.250. The molecule has 4 aromatic rings. The van der Waals surface area contributed by atoms with Gasteiger partial charge in [0.25, 0.3) is 0 Å². The van der Waals surface area contributed by atoms with E-state index in [4.69, 9.17) is 16.3 Å². The van der Waals surface area contributed by atoms with E-state index in [9.17, 15) is 17.4 Å². The zero-order chi connectivity index (χ0) is 29.5. The van der Waals surface area contributed by atoms with Crippen molar-refractivity contribution in [2.75, 3.05) is 11.6 Å². The Labute approximate surface area is 249 Å². The van der Waals surface area contributed by atoms with Gasteiger partial charge in [0.15, 0.2) is 0 Å². The van der Waals surface area contributed by atoms with E-state index in [1.54, 1.807) is 57.5 Å². The molecule has 2 atom stereocenters. The van der Waals surface area contributed by atoms with E-state index in [-0.39, 0.29) is 21.4 Å². The number of thiophene rings is 1. The number of hydrogen-bond donors (Lipinski definition) is 2. The van der Waals surface area contributed by atoms with Crippen molar-refractivity contribution in [1.29, 1.82) is 0 Å². The Morgan fingerprint density at radius 3 is 2.61 bits per heavy atom. The third-order valence-electron chi connectivity index (χ3n) is 5.95. The Kier molecular flexibility index (Phi) is 8.05. The number of ether oxygens (including phenoxy) is 1. The molecule has 0 saturated carbocycles. The van der Waals surface area contributed by atoms with E-state index in [0.29, 0.717) is 21.9 Å². The lowest BCUT2D eigenvalue weighted by Crippen LogP contribution is -2.30. The number of pyridine rings is 2. The zero-order valence-electron chi connectivity index (χ0n) is 22.6. The van der Waals surface area contributed by atoms with Crippen molar-refractivity contribution in [3.63, 3.8) is 0 Å². The molecule has 0 radical (unpaired) electrons. The molecule has 214 valence electrons. The number of carbonyl (C=O) groups excluding carboxylic acids is 1. The summed E-state index contributed by atoms with van der Waals surface area (Å²) < 4.78 is 47.3. The Hall–Kier alpha value is -3.16. The van der Waals surface area contributed by atoms with Crippen LogP contribution in [0.4, 0.5) is 10.6 Å². The number of rotatable bonds is 8. The predicted octanol–water partition coefficient (Wildman–Crippen LogP) is 6.39. The summed E-state index contributed by atoms with van der Waals surface area (Å²) in [5.41, 5.74) is 0.971. The highest BCUT2D eigenvalue weighted by Crippen LogP contribution is 2.41. The van der Waals surface area contributed by atoms with Gasteiger partial charge in [0, 0.05) is 49.7 Å². The van der Waals surface area contributed by atoms with E-state index in [2.05, 4.69) is 20.0 Å². The number of nitrogens with one attached hydrogen (secondary N) is 2. The summed E-state index contributed by atoms with van der Waals surface area (Å²) in [5, 5.41) is 3.67. The average Bonchev–Trinajstić information content (AvgIpc) is 3.67. The molecule has 1 aliphatic carbocycles. The quantitative estimate of drug-likeness (QED) is 0.231. The van der Waals surface area contributed by atoms with Gasteiger partial charge in [0.1, 0.15) is 11.4 Å². The first-order valence-electron chi connectivity index (χ1n) is 12.5. The number of carbonyl (C=O) groups is 1. The topological polar surface area (TPSA) is 127 Å². The highest BCUT2D eigenvalue weighted by molar-refractivity contribution is 7.93. The lowest BCUT2D eigenvalue weighted by Gasteiger charge is -2.21. The number of amides is 1. The lowest BCUT2D eigenvalue weighted by molar-refractivity contribution is 0.0635. The Morgan fingerprint density at radius 1 is 1.17 bits per heavy atom. The number of halogens is 1. The standard InChI is InChI=1S/C28H27ClN4O5S3/c1-28(2,3)38-27(34)32-23-11-10-20(29)24(31-23)25(33-41(36,37)18-8-9-18)22-14-16-6-5-7-19(26(16)39-22)21-15-17(40(4)35)12-13-30-21/h5-8,10-15,25,33H,9H2,1-4H3,(H,31,32,34). The molecular formula is C28H27ClN4O5S3. The minimum absolute atomic E-state index is 0.156. The molecule has 5 rings (SSSR count).